The van der Waals surface area contributed by atoms with Crippen LogP contribution in [0, 0.1) is 11.3 Å². The number of piperidine rings is 1. The third kappa shape index (κ3) is 2.19. The molecule has 4 heteroatoms. The molecule has 1 saturated heterocycles. The largest absolute Gasteiger partial charge is 0.339 e. The Morgan fingerprint density at radius 1 is 1.38 bits per heavy atom. The molecule has 16 heavy (non-hydrogen) atoms. The van der Waals surface area contributed by atoms with Crippen LogP contribution in [0.15, 0.2) is 18.3 Å². The van der Waals surface area contributed by atoms with Crippen molar-refractivity contribution < 1.29 is 4.79 Å². The molecular formula is C12H13N3O. The van der Waals surface area contributed by atoms with E-state index >= 15 is 0 Å². The molecule has 2 rings (SSSR count). The maximum atomic E-state index is 12.1. The molecule has 82 valence electrons. The highest BCUT2D eigenvalue weighted by molar-refractivity contribution is 5.94. The Morgan fingerprint density at radius 3 is 2.81 bits per heavy atom. The van der Waals surface area contributed by atoms with Crippen LogP contribution in [-0.4, -0.2) is 28.9 Å². The first-order chi connectivity index (χ1) is 7.81. The molecule has 1 aromatic heterocycles. The summed E-state index contributed by atoms with van der Waals surface area (Å²) in [6.07, 6.45) is 4.85. The lowest BCUT2D eigenvalue weighted by Crippen LogP contribution is -2.35. The minimum Gasteiger partial charge on any atom is -0.339 e. The molecule has 1 aliphatic heterocycles. The number of carbonyl (C=O) groups is 1. The van der Waals surface area contributed by atoms with Crippen LogP contribution in [0.2, 0.25) is 0 Å². The van der Waals surface area contributed by atoms with Crippen LogP contribution in [0.5, 0.6) is 0 Å². The molecule has 1 fully saturated rings. The summed E-state index contributed by atoms with van der Waals surface area (Å²) in [4.78, 5) is 17.8. The van der Waals surface area contributed by atoms with E-state index in [1.54, 1.807) is 12.1 Å². The zero-order valence-corrected chi connectivity index (χ0v) is 9.02. The van der Waals surface area contributed by atoms with E-state index in [0.717, 1.165) is 25.9 Å². The zero-order chi connectivity index (χ0) is 11.4. The smallest absolute Gasteiger partial charge is 0.254 e. The average molecular weight is 215 g/mol. The molecule has 0 atom stereocenters. The number of rotatable bonds is 1. The first-order valence-corrected chi connectivity index (χ1v) is 5.46. The van der Waals surface area contributed by atoms with E-state index in [0.29, 0.717) is 11.3 Å². The first kappa shape index (κ1) is 10.6. The van der Waals surface area contributed by atoms with Gasteiger partial charge in [-0.1, -0.05) is 0 Å². The molecule has 1 amide bonds. The molecule has 0 saturated carbocycles. The standard InChI is InChI=1S/C12H13N3O/c13-9-11-8-10(4-5-14-11)12(16)15-6-2-1-3-7-15/h4-5,8H,1-3,6-7H2. The third-order valence-corrected chi connectivity index (χ3v) is 2.76. The van der Waals surface area contributed by atoms with Gasteiger partial charge in [0.2, 0.25) is 0 Å². The predicted molar refractivity (Wildman–Crippen MR) is 58.7 cm³/mol. The lowest BCUT2D eigenvalue weighted by Gasteiger charge is -2.26. The summed E-state index contributed by atoms with van der Waals surface area (Å²) in [6, 6.07) is 5.16. The van der Waals surface area contributed by atoms with Gasteiger partial charge in [0.05, 0.1) is 0 Å². The fraction of sp³-hybridized carbons (Fsp3) is 0.417. The molecule has 0 unspecified atom stereocenters. The Kier molecular flexibility index (Phi) is 3.16. The van der Waals surface area contributed by atoms with Crippen molar-refractivity contribution in [3.63, 3.8) is 0 Å². The summed E-state index contributed by atoms with van der Waals surface area (Å²) >= 11 is 0. The molecule has 0 bridgehead atoms. The fourth-order valence-corrected chi connectivity index (χ4v) is 1.90. The summed E-state index contributed by atoms with van der Waals surface area (Å²) in [5.74, 6) is 0.0126. The van der Waals surface area contributed by atoms with Crippen molar-refractivity contribution >= 4 is 5.91 Å². The maximum Gasteiger partial charge on any atom is 0.254 e. The average Bonchev–Trinajstić information content (AvgIpc) is 2.39. The minimum absolute atomic E-state index is 0.0126. The van der Waals surface area contributed by atoms with Gasteiger partial charge >= 0.3 is 0 Å². The normalized spacial score (nSPS) is 15.6. The predicted octanol–water partition coefficient (Wildman–Crippen LogP) is 1.58. The Morgan fingerprint density at radius 2 is 2.12 bits per heavy atom. The lowest BCUT2D eigenvalue weighted by molar-refractivity contribution is 0.0724. The van der Waals surface area contributed by atoms with Crippen molar-refractivity contribution in [1.82, 2.24) is 9.88 Å². The highest BCUT2D eigenvalue weighted by Crippen LogP contribution is 2.13. The van der Waals surface area contributed by atoms with E-state index in [-0.39, 0.29) is 5.91 Å². The number of likely N-dealkylation sites (tertiary alicyclic amines) is 1. The summed E-state index contributed by atoms with van der Waals surface area (Å²) in [5.41, 5.74) is 0.858. The molecule has 4 nitrogen and oxygen atoms in total. The van der Waals surface area contributed by atoms with Crippen molar-refractivity contribution in [2.75, 3.05) is 13.1 Å². The maximum absolute atomic E-state index is 12.1. The third-order valence-electron chi connectivity index (χ3n) is 2.76. The number of pyridine rings is 1. The van der Waals surface area contributed by atoms with Crippen molar-refractivity contribution in [1.29, 1.82) is 5.26 Å². The summed E-state index contributed by atoms with van der Waals surface area (Å²) in [6.45, 7) is 1.64. The Hall–Kier alpha value is -1.89. The quantitative estimate of drug-likeness (QED) is 0.714. The highest BCUT2D eigenvalue weighted by atomic mass is 16.2. The topological polar surface area (TPSA) is 57.0 Å². The van der Waals surface area contributed by atoms with Crippen LogP contribution in [0.1, 0.15) is 35.3 Å². The molecule has 0 aliphatic carbocycles. The van der Waals surface area contributed by atoms with Gasteiger partial charge in [0.15, 0.2) is 0 Å². The zero-order valence-electron chi connectivity index (χ0n) is 9.02. The summed E-state index contributed by atoms with van der Waals surface area (Å²) in [7, 11) is 0. The second-order valence-corrected chi connectivity index (χ2v) is 3.89. The second-order valence-electron chi connectivity index (χ2n) is 3.89. The van der Waals surface area contributed by atoms with Gasteiger partial charge in [-0.25, -0.2) is 4.98 Å². The van der Waals surface area contributed by atoms with Gasteiger partial charge in [0.25, 0.3) is 5.91 Å². The Bertz CT molecular complexity index is 430. The van der Waals surface area contributed by atoms with Gasteiger partial charge in [-0.2, -0.15) is 5.26 Å². The van der Waals surface area contributed by atoms with Crippen LogP contribution < -0.4 is 0 Å². The number of hydrogen-bond acceptors (Lipinski definition) is 3. The highest BCUT2D eigenvalue weighted by Gasteiger charge is 2.18. The van der Waals surface area contributed by atoms with Crippen LogP contribution >= 0.6 is 0 Å². The van der Waals surface area contributed by atoms with Gasteiger partial charge in [0.1, 0.15) is 11.8 Å². The van der Waals surface area contributed by atoms with Crippen molar-refractivity contribution in [2.24, 2.45) is 0 Å². The Labute approximate surface area is 94.5 Å². The molecule has 1 aliphatic rings. The summed E-state index contributed by atoms with van der Waals surface area (Å²) in [5, 5.41) is 8.72. The molecule has 1 aromatic rings. The molecular weight excluding hydrogens is 202 g/mol. The monoisotopic (exact) mass is 215 g/mol. The van der Waals surface area contributed by atoms with Crippen LogP contribution in [-0.2, 0) is 0 Å². The van der Waals surface area contributed by atoms with E-state index in [1.165, 1.54) is 12.6 Å². The number of aromatic nitrogens is 1. The Balaban J connectivity index is 2.16. The van der Waals surface area contributed by atoms with Gasteiger partial charge in [-0.05, 0) is 31.4 Å². The molecule has 0 spiro atoms. The van der Waals surface area contributed by atoms with Crippen molar-refractivity contribution in [3.8, 4) is 6.07 Å². The van der Waals surface area contributed by atoms with E-state index < -0.39 is 0 Å². The van der Waals surface area contributed by atoms with Crippen molar-refractivity contribution in [2.45, 2.75) is 19.3 Å². The second kappa shape index (κ2) is 4.75. The van der Waals surface area contributed by atoms with Crippen molar-refractivity contribution in [3.05, 3.63) is 29.6 Å². The number of nitriles is 1. The lowest BCUT2D eigenvalue weighted by atomic mass is 10.1. The fourth-order valence-electron chi connectivity index (χ4n) is 1.90. The van der Waals surface area contributed by atoms with Gasteiger partial charge < -0.3 is 4.90 Å². The van der Waals surface area contributed by atoms with E-state index in [9.17, 15) is 4.79 Å². The number of carbonyl (C=O) groups excluding carboxylic acids is 1. The van der Waals surface area contributed by atoms with Gasteiger partial charge in [-0.3, -0.25) is 4.79 Å². The van der Waals surface area contributed by atoms with E-state index in [1.807, 2.05) is 11.0 Å². The molecule has 0 N–H and O–H groups in total. The molecule has 2 heterocycles. The number of nitrogens with zero attached hydrogens (tertiary/aromatic N) is 3. The molecule has 0 radical (unpaired) electrons. The van der Waals surface area contributed by atoms with Crippen LogP contribution in [0.4, 0.5) is 0 Å². The first-order valence-electron chi connectivity index (χ1n) is 5.46. The SMILES string of the molecule is N#Cc1cc(C(=O)N2CCCCC2)ccn1. The van der Waals surface area contributed by atoms with E-state index in [2.05, 4.69) is 4.98 Å². The van der Waals surface area contributed by atoms with Crippen LogP contribution in [0.25, 0.3) is 0 Å². The number of hydrogen-bond donors (Lipinski definition) is 0. The minimum atomic E-state index is 0.0126. The summed E-state index contributed by atoms with van der Waals surface area (Å²) < 4.78 is 0. The van der Waals surface area contributed by atoms with Gasteiger partial charge in [-0.15, -0.1) is 0 Å². The van der Waals surface area contributed by atoms with E-state index in [4.69, 9.17) is 5.26 Å². The van der Waals surface area contributed by atoms with Gasteiger partial charge in [0, 0.05) is 24.8 Å². The molecule has 0 aromatic carbocycles. The number of amides is 1. The van der Waals surface area contributed by atoms with Crippen LogP contribution in [0.3, 0.4) is 0 Å².